The molecular formula is C23H25N3O5S2. The van der Waals surface area contributed by atoms with Gasteiger partial charge in [-0.3, -0.25) is 4.72 Å². The van der Waals surface area contributed by atoms with Crippen LogP contribution in [-0.2, 0) is 24.8 Å². The number of rotatable bonds is 7. The second-order valence-electron chi connectivity index (χ2n) is 7.51. The molecule has 0 spiro atoms. The molecule has 10 heteroatoms. The number of para-hydroxylation sites is 3. The molecule has 8 nitrogen and oxygen atoms in total. The van der Waals surface area contributed by atoms with Crippen LogP contribution in [0.4, 0.5) is 17.1 Å². The maximum absolute atomic E-state index is 13.1. The van der Waals surface area contributed by atoms with Crippen molar-refractivity contribution in [1.82, 2.24) is 4.31 Å². The molecule has 4 rings (SSSR count). The number of anilines is 3. The lowest BCUT2D eigenvalue weighted by atomic mass is 10.2. The summed E-state index contributed by atoms with van der Waals surface area (Å²) in [6.07, 6.45) is 0. The SMILES string of the molecule is CN(c1ccccc1)c1ccccc1NS(=O)(=O)c1ccc(S(=O)(=O)N2CCOCC2)cc1. The van der Waals surface area contributed by atoms with Gasteiger partial charge in [-0.1, -0.05) is 30.3 Å². The Morgan fingerprint density at radius 2 is 1.36 bits per heavy atom. The Bertz CT molecular complexity index is 1310. The normalized spacial score (nSPS) is 15.2. The smallest absolute Gasteiger partial charge is 0.261 e. The predicted octanol–water partition coefficient (Wildman–Crippen LogP) is 3.28. The van der Waals surface area contributed by atoms with Crippen molar-refractivity contribution in [3.05, 3.63) is 78.9 Å². The molecule has 1 aliphatic rings. The van der Waals surface area contributed by atoms with Crippen molar-refractivity contribution in [3.63, 3.8) is 0 Å². The van der Waals surface area contributed by atoms with Gasteiger partial charge in [-0.2, -0.15) is 4.31 Å². The lowest BCUT2D eigenvalue weighted by Crippen LogP contribution is -2.40. The molecule has 1 N–H and O–H groups in total. The maximum atomic E-state index is 13.1. The van der Waals surface area contributed by atoms with Gasteiger partial charge in [-0.05, 0) is 48.5 Å². The van der Waals surface area contributed by atoms with Crippen molar-refractivity contribution in [2.45, 2.75) is 9.79 Å². The number of nitrogens with one attached hydrogen (secondary N) is 1. The topological polar surface area (TPSA) is 96.0 Å². The third kappa shape index (κ3) is 5.03. The number of hydrogen-bond acceptors (Lipinski definition) is 6. The molecular weight excluding hydrogens is 462 g/mol. The summed E-state index contributed by atoms with van der Waals surface area (Å²) in [5, 5.41) is 0. The van der Waals surface area contributed by atoms with E-state index in [2.05, 4.69) is 4.72 Å². The Balaban J connectivity index is 1.58. The molecule has 0 radical (unpaired) electrons. The Morgan fingerprint density at radius 3 is 2.03 bits per heavy atom. The fourth-order valence-electron chi connectivity index (χ4n) is 3.57. The first-order chi connectivity index (χ1) is 15.8. The highest BCUT2D eigenvalue weighted by molar-refractivity contribution is 7.92. The number of ether oxygens (including phenoxy) is 1. The fraction of sp³-hybridized carbons (Fsp3) is 0.217. The molecule has 1 fully saturated rings. The van der Waals surface area contributed by atoms with Crippen LogP contribution in [0.15, 0.2) is 88.7 Å². The summed E-state index contributed by atoms with van der Waals surface area (Å²) in [5.74, 6) is 0. The highest BCUT2D eigenvalue weighted by Crippen LogP contribution is 2.32. The van der Waals surface area contributed by atoms with Gasteiger partial charge >= 0.3 is 0 Å². The van der Waals surface area contributed by atoms with Crippen LogP contribution < -0.4 is 9.62 Å². The van der Waals surface area contributed by atoms with E-state index in [0.717, 1.165) is 5.69 Å². The summed E-state index contributed by atoms with van der Waals surface area (Å²) < 4.78 is 60.9. The fourth-order valence-corrected chi connectivity index (χ4v) is 6.06. The van der Waals surface area contributed by atoms with E-state index in [0.29, 0.717) is 24.6 Å². The van der Waals surface area contributed by atoms with Gasteiger partial charge in [0, 0.05) is 25.8 Å². The molecule has 0 saturated carbocycles. The van der Waals surface area contributed by atoms with E-state index < -0.39 is 20.0 Å². The summed E-state index contributed by atoms with van der Waals surface area (Å²) in [7, 11) is -5.79. The van der Waals surface area contributed by atoms with Gasteiger partial charge < -0.3 is 9.64 Å². The maximum Gasteiger partial charge on any atom is 0.261 e. The highest BCUT2D eigenvalue weighted by atomic mass is 32.2. The first-order valence-corrected chi connectivity index (χ1v) is 13.3. The van der Waals surface area contributed by atoms with Crippen molar-refractivity contribution in [1.29, 1.82) is 0 Å². The highest BCUT2D eigenvalue weighted by Gasteiger charge is 2.27. The monoisotopic (exact) mass is 487 g/mol. The van der Waals surface area contributed by atoms with Crippen LogP contribution in [0.2, 0.25) is 0 Å². The van der Waals surface area contributed by atoms with Gasteiger partial charge in [-0.15, -0.1) is 0 Å². The number of nitrogens with zero attached hydrogens (tertiary/aromatic N) is 2. The van der Waals surface area contributed by atoms with E-state index in [4.69, 9.17) is 4.74 Å². The van der Waals surface area contributed by atoms with Crippen molar-refractivity contribution in [2.24, 2.45) is 0 Å². The van der Waals surface area contributed by atoms with Crippen molar-refractivity contribution in [2.75, 3.05) is 43.0 Å². The lowest BCUT2D eigenvalue weighted by molar-refractivity contribution is 0.0730. The van der Waals surface area contributed by atoms with Crippen LogP contribution in [0.1, 0.15) is 0 Å². The molecule has 1 heterocycles. The van der Waals surface area contributed by atoms with Crippen molar-refractivity contribution >= 4 is 37.1 Å². The van der Waals surface area contributed by atoms with Crippen LogP contribution in [0.3, 0.4) is 0 Å². The lowest BCUT2D eigenvalue weighted by Gasteiger charge is -2.26. The summed E-state index contributed by atoms with van der Waals surface area (Å²) in [5.41, 5.74) is 1.99. The number of sulfonamides is 2. The molecule has 0 unspecified atom stereocenters. The molecule has 33 heavy (non-hydrogen) atoms. The zero-order valence-corrected chi connectivity index (χ0v) is 19.7. The Kier molecular flexibility index (Phi) is 6.71. The minimum atomic E-state index is -3.94. The van der Waals surface area contributed by atoms with Crippen molar-refractivity contribution in [3.8, 4) is 0 Å². The number of morpholine rings is 1. The molecule has 1 saturated heterocycles. The number of benzene rings is 3. The molecule has 0 aromatic heterocycles. The van der Waals surface area contributed by atoms with E-state index in [1.54, 1.807) is 12.1 Å². The largest absolute Gasteiger partial charge is 0.379 e. The number of hydrogen-bond donors (Lipinski definition) is 1. The summed E-state index contributed by atoms with van der Waals surface area (Å²) >= 11 is 0. The zero-order chi connectivity index (χ0) is 23.5. The average molecular weight is 488 g/mol. The third-order valence-corrected chi connectivity index (χ3v) is 8.69. The van der Waals surface area contributed by atoms with Gasteiger partial charge in [0.1, 0.15) is 0 Å². The van der Waals surface area contributed by atoms with Crippen LogP contribution >= 0.6 is 0 Å². The van der Waals surface area contributed by atoms with Crippen molar-refractivity contribution < 1.29 is 21.6 Å². The molecule has 3 aromatic carbocycles. The van der Waals surface area contributed by atoms with Crippen LogP contribution in [0.25, 0.3) is 0 Å². The van der Waals surface area contributed by atoms with E-state index in [-0.39, 0.29) is 22.9 Å². The third-order valence-electron chi connectivity index (χ3n) is 5.40. The first kappa shape index (κ1) is 23.2. The van der Waals surface area contributed by atoms with Gasteiger partial charge in [0.2, 0.25) is 10.0 Å². The van der Waals surface area contributed by atoms with Crippen LogP contribution in [0, 0.1) is 0 Å². The first-order valence-electron chi connectivity index (χ1n) is 10.4. The van der Waals surface area contributed by atoms with Crippen LogP contribution in [-0.4, -0.2) is 54.5 Å². The van der Waals surface area contributed by atoms with Gasteiger partial charge in [-0.25, -0.2) is 16.8 Å². The average Bonchev–Trinajstić information content (AvgIpc) is 2.85. The molecule has 1 aliphatic heterocycles. The standard InChI is InChI=1S/C23H25N3O5S2/c1-25(19-7-3-2-4-8-19)23-10-6-5-9-22(23)24-32(27,28)20-11-13-21(14-12-20)33(29,30)26-15-17-31-18-16-26/h2-14,24H,15-18H2,1H3. The zero-order valence-electron chi connectivity index (χ0n) is 18.1. The minimum Gasteiger partial charge on any atom is -0.379 e. The Morgan fingerprint density at radius 1 is 0.788 bits per heavy atom. The van der Waals surface area contributed by atoms with E-state index in [1.165, 1.54) is 28.6 Å². The van der Waals surface area contributed by atoms with E-state index in [9.17, 15) is 16.8 Å². The summed E-state index contributed by atoms with van der Waals surface area (Å²) in [6.45, 7) is 1.23. The van der Waals surface area contributed by atoms with Gasteiger partial charge in [0.05, 0.1) is 34.4 Å². The second-order valence-corrected chi connectivity index (χ2v) is 11.1. The molecule has 174 valence electrons. The molecule has 0 bridgehead atoms. The van der Waals surface area contributed by atoms with Gasteiger partial charge in [0.15, 0.2) is 0 Å². The van der Waals surface area contributed by atoms with Gasteiger partial charge in [0.25, 0.3) is 10.0 Å². The molecule has 0 amide bonds. The molecule has 3 aromatic rings. The Labute approximate surface area is 194 Å². The predicted molar refractivity (Wildman–Crippen MR) is 128 cm³/mol. The second kappa shape index (κ2) is 9.52. The summed E-state index contributed by atoms with van der Waals surface area (Å²) in [6, 6.07) is 21.9. The summed E-state index contributed by atoms with van der Waals surface area (Å²) in [4.78, 5) is 1.91. The Hall–Kier alpha value is -2.92. The quantitative estimate of drug-likeness (QED) is 0.550. The van der Waals surface area contributed by atoms with E-state index in [1.807, 2.05) is 54.4 Å². The minimum absolute atomic E-state index is 0.0272. The molecule has 0 atom stereocenters. The molecule has 0 aliphatic carbocycles. The van der Waals surface area contributed by atoms with Crippen LogP contribution in [0.5, 0.6) is 0 Å². The van der Waals surface area contributed by atoms with E-state index >= 15 is 0 Å².